The molecule has 1 aliphatic rings. The van der Waals surface area contributed by atoms with Gasteiger partial charge in [-0.05, 0) is 62.4 Å². The zero-order valence-corrected chi connectivity index (χ0v) is 19.5. The Morgan fingerprint density at radius 3 is 2.59 bits per heavy atom. The molecule has 0 spiro atoms. The summed E-state index contributed by atoms with van der Waals surface area (Å²) in [7, 11) is 0. The van der Waals surface area contributed by atoms with Crippen LogP contribution in [0.3, 0.4) is 0 Å². The molecule has 0 radical (unpaired) electrons. The van der Waals surface area contributed by atoms with Gasteiger partial charge in [-0.1, -0.05) is 19.1 Å². The first-order valence-electron chi connectivity index (χ1n) is 11.2. The number of hydrogen-bond donors (Lipinski definition) is 2. The molecule has 2 atom stereocenters. The Labute approximate surface area is 198 Å². The average Bonchev–Trinajstić information content (AvgIpc) is 3.16. The van der Waals surface area contributed by atoms with Crippen LogP contribution in [0.5, 0.6) is 0 Å². The quantitative estimate of drug-likeness (QED) is 0.580. The number of hydrogen-bond acceptors (Lipinski definition) is 5. The van der Waals surface area contributed by atoms with Crippen LogP contribution in [0.4, 0.5) is 5.69 Å². The molecule has 9 heteroatoms. The highest BCUT2D eigenvalue weighted by Gasteiger charge is 2.34. The minimum absolute atomic E-state index is 0.149. The smallest absolute Gasteiger partial charge is 0.313 e. The summed E-state index contributed by atoms with van der Waals surface area (Å²) in [5, 5.41) is 7.11. The van der Waals surface area contributed by atoms with E-state index >= 15 is 0 Å². The van der Waals surface area contributed by atoms with Gasteiger partial charge in [0.1, 0.15) is 0 Å². The van der Waals surface area contributed by atoms with E-state index in [0.717, 1.165) is 35.5 Å². The summed E-state index contributed by atoms with van der Waals surface area (Å²) in [5.41, 5.74) is 9.48. The molecule has 1 aliphatic heterocycles. The van der Waals surface area contributed by atoms with Gasteiger partial charge in [-0.15, -0.1) is 0 Å². The number of likely N-dealkylation sites (tertiary alicyclic amines) is 1. The monoisotopic (exact) mass is 460 g/mol. The molecule has 3 aromatic rings. The van der Waals surface area contributed by atoms with Crippen LogP contribution in [0.15, 0.2) is 48.8 Å². The Kier molecular flexibility index (Phi) is 6.45. The number of carbonyl (C=O) groups is 3. The van der Waals surface area contributed by atoms with E-state index in [4.69, 9.17) is 5.73 Å². The summed E-state index contributed by atoms with van der Waals surface area (Å²) < 4.78 is 1.88. The summed E-state index contributed by atoms with van der Waals surface area (Å²) >= 11 is 0. The number of aryl methyl sites for hydroxylation is 2. The van der Waals surface area contributed by atoms with Crippen molar-refractivity contribution in [2.24, 2.45) is 11.7 Å². The normalized spacial score (nSPS) is 17.9. The number of piperidine rings is 1. The highest BCUT2D eigenvalue weighted by atomic mass is 16.2. The summed E-state index contributed by atoms with van der Waals surface area (Å²) in [6.07, 6.45) is 4.37. The van der Waals surface area contributed by atoms with Gasteiger partial charge < -0.3 is 16.0 Å². The summed E-state index contributed by atoms with van der Waals surface area (Å²) in [5.74, 6) is -1.80. The highest BCUT2D eigenvalue weighted by molar-refractivity contribution is 6.39. The van der Waals surface area contributed by atoms with E-state index in [9.17, 15) is 14.4 Å². The summed E-state index contributed by atoms with van der Waals surface area (Å²) in [4.78, 5) is 43.0. The van der Waals surface area contributed by atoms with Crippen molar-refractivity contribution in [2.45, 2.75) is 39.7 Å². The van der Waals surface area contributed by atoms with Crippen molar-refractivity contribution in [3.8, 4) is 5.69 Å². The second-order valence-electron chi connectivity index (χ2n) is 8.87. The molecule has 3 N–H and O–H groups in total. The molecule has 0 unspecified atom stereocenters. The van der Waals surface area contributed by atoms with Crippen molar-refractivity contribution < 1.29 is 14.4 Å². The molecule has 0 bridgehead atoms. The van der Waals surface area contributed by atoms with E-state index in [1.807, 2.05) is 48.9 Å². The Bertz CT molecular complexity index is 1250. The first-order valence-corrected chi connectivity index (χ1v) is 11.2. The number of nitrogens with zero attached hydrogens (tertiary/aromatic N) is 4. The van der Waals surface area contributed by atoms with Crippen LogP contribution in [0.2, 0.25) is 0 Å². The molecular weight excluding hydrogens is 432 g/mol. The predicted molar refractivity (Wildman–Crippen MR) is 127 cm³/mol. The van der Waals surface area contributed by atoms with Crippen LogP contribution < -0.4 is 11.1 Å². The van der Waals surface area contributed by atoms with Crippen molar-refractivity contribution >= 4 is 23.4 Å². The molecule has 2 aromatic heterocycles. The molecule has 3 amide bonds. The van der Waals surface area contributed by atoms with E-state index in [2.05, 4.69) is 22.3 Å². The number of anilines is 1. The van der Waals surface area contributed by atoms with E-state index in [1.165, 1.54) is 18.5 Å². The van der Waals surface area contributed by atoms with Gasteiger partial charge in [-0.2, -0.15) is 5.10 Å². The van der Waals surface area contributed by atoms with Gasteiger partial charge >= 0.3 is 11.8 Å². The molecule has 34 heavy (non-hydrogen) atoms. The fraction of sp³-hybridized carbons (Fsp3) is 0.320. The molecule has 0 saturated carbocycles. The van der Waals surface area contributed by atoms with Gasteiger partial charge in [0, 0.05) is 18.4 Å². The number of carbonyl (C=O) groups excluding carboxylic acids is 3. The Morgan fingerprint density at radius 2 is 1.88 bits per heavy atom. The first-order chi connectivity index (χ1) is 16.2. The van der Waals surface area contributed by atoms with Crippen LogP contribution in [-0.4, -0.2) is 43.9 Å². The van der Waals surface area contributed by atoms with E-state index < -0.39 is 17.7 Å². The number of aromatic nitrogens is 3. The number of nitrogens with two attached hydrogens (primary N) is 1. The lowest BCUT2D eigenvalue weighted by Gasteiger charge is -2.38. The van der Waals surface area contributed by atoms with Crippen LogP contribution in [0.25, 0.3) is 5.69 Å². The van der Waals surface area contributed by atoms with Crippen molar-refractivity contribution in [3.63, 3.8) is 0 Å². The zero-order chi connectivity index (χ0) is 24.4. The van der Waals surface area contributed by atoms with Crippen molar-refractivity contribution in [3.05, 3.63) is 71.3 Å². The molecule has 9 nitrogen and oxygen atoms in total. The highest BCUT2D eigenvalue weighted by Crippen LogP contribution is 2.34. The number of pyridine rings is 1. The van der Waals surface area contributed by atoms with Gasteiger partial charge in [0.05, 0.1) is 34.9 Å². The molecule has 1 saturated heterocycles. The first kappa shape index (κ1) is 23.2. The standard InChI is InChI=1S/C25H28N6O3/c1-15-7-8-22(18-5-4-6-21(11-18)31-17(3)9-16(2)29-31)30(14-15)25(34)24(33)28-20-10-19(23(26)32)12-27-13-20/h4-6,9-13,15,22H,7-8,14H2,1-3H3,(H2,26,32)(H,28,33)/t15-,22+/m0/s1. The predicted octanol–water partition coefficient (Wildman–Crippen LogP) is 2.92. The van der Waals surface area contributed by atoms with Crippen molar-refractivity contribution in [1.29, 1.82) is 0 Å². The maximum Gasteiger partial charge on any atom is 0.313 e. The molecule has 0 aliphatic carbocycles. The third-order valence-corrected chi connectivity index (χ3v) is 6.06. The van der Waals surface area contributed by atoms with Gasteiger partial charge in [0.15, 0.2) is 0 Å². The van der Waals surface area contributed by atoms with Gasteiger partial charge in [-0.25, -0.2) is 4.68 Å². The van der Waals surface area contributed by atoms with Crippen LogP contribution in [0.1, 0.15) is 53.1 Å². The molecular formula is C25H28N6O3. The second-order valence-corrected chi connectivity index (χ2v) is 8.87. The molecule has 1 fully saturated rings. The van der Waals surface area contributed by atoms with Crippen LogP contribution in [0, 0.1) is 19.8 Å². The molecule has 3 heterocycles. The lowest BCUT2D eigenvalue weighted by atomic mass is 9.89. The van der Waals surface area contributed by atoms with Crippen molar-refractivity contribution in [1.82, 2.24) is 19.7 Å². The number of rotatable bonds is 4. The topological polar surface area (TPSA) is 123 Å². The minimum atomic E-state index is -0.780. The fourth-order valence-electron chi connectivity index (χ4n) is 4.44. The maximum absolute atomic E-state index is 13.2. The fourth-order valence-corrected chi connectivity index (χ4v) is 4.44. The van der Waals surface area contributed by atoms with E-state index in [0.29, 0.717) is 6.54 Å². The third kappa shape index (κ3) is 4.83. The van der Waals surface area contributed by atoms with Crippen LogP contribution in [-0.2, 0) is 9.59 Å². The number of benzene rings is 1. The lowest BCUT2D eigenvalue weighted by Crippen LogP contribution is -2.46. The van der Waals surface area contributed by atoms with Crippen LogP contribution >= 0.6 is 0 Å². The lowest BCUT2D eigenvalue weighted by molar-refractivity contribution is -0.146. The largest absolute Gasteiger partial charge is 0.366 e. The minimum Gasteiger partial charge on any atom is -0.366 e. The van der Waals surface area contributed by atoms with Gasteiger partial charge in [-0.3, -0.25) is 19.4 Å². The second kappa shape index (κ2) is 9.46. The Hall–Kier alpha value is -4.01. The summed E-state index contributed by atoms with van der Waals surface area (Å²) in [6, 6.07) is 11.1. The zero-order valence-electron chi connectivity index (χ0n) is 19.5. The SMILES string of the molecule is Cc1cc(C)n(-c2cccc([C@H]3CC[C@H](C)CN3C(=O)C(=O)Nc3cncc(C(N)=O)c3)c2)n1. The molecule has 4 rings (SSSR count). The van der Waals surface area contributed by atoms with Gasteiger partial charge in [0.2, 0.25) is 5.91 Å². The Morgan fingerprint density at radius 1 is 1.09 bits per heavy atom. The summed E-state index contributed by atoms with van der Waals surface area (Å²) in [6.45, 7) is 6.49. The van der Waals surface area contributed by atoms with Gasteiger partial charge in [0.25, 0.3) is 0 Å². The van der Waals surface area contributed by atoms with Crippen molar-refractivity contribution in [2.75, 3.05) is 11.9 Å². The Balaban J connectivity index is 1.59. The average molecular weight is 461 g/mol. The van der Waals surface area contributed by atoms with E-state index in [1.54, 1.807) is 4.90 Å². The third-order valence-electron chi connectivity index (χ3n) is 6.06. The maximum atomic E-state index is 13.2. The number of nitrogens with one attached hydrogen (secondary N) is 1. The van der Waals surface area contributed by atoms with E-state index in [-0.39, 0.29) is 23.2 Å². The number of amides is 3. The molecule has 176 valence electrons. The molecule has 1 aromatic carbocycles. The number of primary amides is 1.